The Labute approximate surface area is 130 Å². The van der Waals surface area contributed by atoms with E-state index in [0.29, 0.717) is 18.7 Å². The van der Waals surface area contributed by atoms with Gasteiger partial charge >= 0.3 is 0 Å². The molecule has 0 spiro atoms. The first-order valence-electron chi connectivity index (χ1n) is 7.59. The molecule has 0 amide bonds. The Kier molecular flexibility index (Phi) is 4.49. The number of rotatable bonds is 5. The number of halogens is 1. The predicted octanol–water partition coefficient (Wildman–Crippen LogP) is 3.48. The molecular weight excluding hydrogens is 277 g/mol. The fraction of sp³-hybridized carbons (Fsp3) is 0.278. The molecule has 1 atom stereocenters. The predicted molar refractivity (Wildman–Crippen MR) is 86.8 cm³/mol. The third-order valence-electron chi connectivity index (χ3n) is 3.94. The molecule has 2 aromatic rings. The Hall–Kier alpha value is -2.20. The molecule has 4 heteroatoms. The lowest BCUT2D eigenvalue weighted by Gasteiger charge is -2.24. The molecule has 114 valence electrons. The van der Waals surface area contributed by atoms with Crippen molar-refractivity contribution in [3.05, 3.63) is 71.5 Å². The molecule has 1 heterocycles. The number of hydrogen-bond donors (Lipinski definition) is 1. The first kappa shape index (κ1) is 14.7. The molecule has 0 bridgehead atoms. The van der Waals surface area contributed by atoms with Crippen molar-refractivity contribution in [1.29, 1.82) is 0 Å². The maximum atomic E-state index is 14.2. The van der Waals surface area contributed by atoms with Gasteiger partial charge < -0.3 is 5.73 Å². The van der Waals surface area contributed by atoms with Gasteiger partial charge in [-0.3, -0.25) is 5.01 Å². The second kappa shape index (κ2) is 6.71. The van der Waals surface area contributed by atoms with Crippen LogP contribution in [0.2, 0.25) is 0 Å². The van der Waals surface area contributed by atoms with E-state index in [1.165, 1.54) is 11.6 Å². The van der Waals surface area contributed by atoms with E-state index in [4.69, 9.17) is 5.73 Å². The second-order valence-electron chi connectivity index (χ2n) is 5.53. The zero-order valence-electron chi connectivity index (χ0n) is 12.5. The monoisotopic (exact) mass is 297 g/mol. The van der Waals surface area contributed by atoms with Crippen LogP contribution in [0, 0.1) is 5.82 Å². The van der Waals surface area contributed by atoms with Crippen LogP contribution in [0.1, 0.15) is 30.0 Å². The van der Waals surface area contributed by atoms with E-state index in [1.807, 2.05) is 35.3 Å². The highest BCUT2D eigenvalue weighted by atomic mass is 19.1. The maximum absolute atomic E-state index is 14.2. The average Bonchev–Trinajstić information content (AvgIpc) is 2.91. The molecule has 1 aliphatic rings. The van der Waals surface area contributed by atoms with Gasteiger partial charge in [-0.15, -0.1) is 0 Å². The molecule has 1 unspecified atom stereocenters. The molecule has 2 aromatic carbocycles. The van der Waals surface area contributed by atoms with Gasteiger partial charge in [0.25, 0.3) is 0 Å². The second-order valence-corrected chi connectivity index (χ2v) is 5.53. The summed E-state index contributed by atoms with van der Waals surface area (Å²) in [4.78, 5) is 0. The summed E-state index contributed by atoms with van der Waals surface area (Å²) < 4.78 is 14.2. The number of nitrogens with zero attached hydrogens (tertiary/aromatic N) is 2. The Morgan fingerprint density at radius 3 is 2.55 bits per heavy atom. The van der Waals surface area contributed by atoms with Crippen molar-refractivity contribution < 1.29 is 4.39 Å². The van der Waals surface area contributed by atoms with E-state index in [2.05, 4.69) is 17.2 Å². The zero-order valence-corrected chi connectivity index (χ0v) is 12.5. The van der Waals surface area contributed by atoms with Crippen LogP contribution in [0.4, 0.5) is 4.39 Å². The van der Waals surface area contributed by atoms with E-state index < -0.39 is 0 Å². The lowest BCUT2D eigenvalue weighted by atomic mass is 10.00. The molecule has 3 rings (SSSR count). The number of hydrogen-bond acceptors (Lipinski definition) is 3. The highest BCUT2D eigenvalue weighted by Gasteiger charge is 2.29. The van der Waals surface area contributed by atoms with Crippen molar-refractivity contribution in [1.82, 2.24) is 5.01 Å². The van der Waals surface area contributed by atoms with Crippen molar-refractivity contribution in [3.8, 4) is 0 Å². The topological polar surface area (TPSA) is 41.6 Å². The van der Waals surface area contributed by atoms with Crippen LogP contribution in [0.5, 0.6) is 0 Å². The zero-order chi connectivity index (χ0) is 15.4. The number of hydrazone groups is 1. The Bertz CT molecular complexity index is 654. The van der Waals surface area contributed by atoms with Gasteiger partial charge in [0.1, 0.15) is 5.82 Å². The molecule has 0 radical (unpaired) electrons. The van der Waals surface area contributed by atoms with Crippen LogP contribution in [0.25, 0.3) is 0 Å². The Morgan fingerprint density at radius 1 is 1.09 bits per heavy atom. The van der Waals surface area contributed by atoms with E-state index in [9.17, 15) is 4.39 Å². The standard InChI is InChI=1S/C18H20FN3/c19-17-9-5-4-8-16(17)18-12-15(10-11-20)21-22(18)13-14-6-2-1-3-7-14/h1-9,18H,10-13,20H2. The van der Waals surface area contributed by atoms with Crippen LogP contribution in [-0.2, 0) is 6.54 Å². The van der Waals surface area contributed by atoms with Gasteiger partial charge in [0.2, 0.25) is 0 Å². The Balaban J connectivity index is 1.86. The lowest BCUT2D eigenvalue weighted by Crippen LogP contribution is -2.20. The van der Waals surface area contributed by atoms with Crippen molar-refractivity contribution >= 4 is 5.71 Å². The van der Waals surface area contributed by atoms with Gasteiger partial charge in [-0.2, -0.15) is 5.10 Å². The fourth-order valence-corrected chi connectivity index (χ4v) is 2.87. The van der Waals surface area contributed by atoms with Gasteiger partial charge in [-0.05, 0) is 24.6 Å². The molecule has 22 heavy (non-hydrogen) atoms. The van der Waals surface area contributed by atoms with Crippen molar-refractivity contribution in [3.63, 3.8) is 0 Å². The highest BCUT2D eigenvalue weighted by Crippen LogP contribution is 2.33. The van der Waals surface area contributed by atoms with Crippen molar-refractivity contribution in [2.24, 2.45) is 10.8 Å². The molecule has 2 N–H and O–H groups in total. The van der Waals surface area contributed by atoms with Crippen LogP contribution < -0.4 is 5.73 Å². The van der Waals surface area contributed by atoms with Gasteiger partial charge in [-0.25, -0.2) is 4.39 Å². The van der Waals surface area contributed by atoms with Crippen molar-refractivity contribution in [2.75, 3.05) is 6.54 Å². The Morgan fingerprint density at radius 2 is 1.82 bits per heavy atom. The summed E-state index contributed by atoms with van der Waals surface area (Å²) in [6.45, 7) is 1.25. The number of nitrogens with two attached hydrogens (primary N) is 1. The minimum Gasteiger partial charge on any atom is -0.330 e. The van der Waals surface area contributed by atoms with E-state index in [1.54, 1.807) is 6.07 Å². The molecular formula is C18H20FN3. The summed E-state index contributed by atoms with van der Waals surface area (Å²) in [6.07, 6.45) is 1.50. The minimum absolute atomic E-state index is 0.0528. The fourth-order valence-electron chi connectivity index (χ4n) is 2.87. The third kappa shape index (κ3) is 3.17. The van der Waals surface area contributed by atoms with Crippen LogP contribution in [-0.4, -0.2) is 17.3 Å². The van der Waals surface area contributed by atoms with E-state index in [-0.39, 0.29) is 11.9 Å². The third-order valence-corrected chi connectivity index (χ3v) is 3.94. The highest BCUT2D eigenvalue weighted by molar-refractivity contribution is 5.86. The summed E-state index contributed by atoms with van der Waals surface area (Å²) in [7, 11) is 0. The van der Waals surface area contributed by atoms with Crippen LogP contribution >= 0.6 is 0 Å². The first-order chi connectivity index (χ1) is 10.8. The minimum atomic E-state index is -0.172. The summed E-state index contributed by atoms with van der Waals surface area (Å²) in [5.41, 5.74) is 8.57. The summed E-state index contributed by atoms with van der Waals surface area (Å²) in [5.74, 6) is -0.172. The quantitative estimate of drug-likeness (QED) is 0.918. The molecule has 1 aliphatic heterocycles. The van der Waals surface area contributed by atoms with Crippen LogP contribution in [0.3, 0.4) is 0 Å². The average molecular weight is 297 g/mol. The summed E-state index contributed by atoms with van der Waals surface area (Å²) in [6, 6.07) is 17.0. The molecule has 0 fully saturated rings. The maximum Gasteiger partial charge on any atom is 0.128 e. The summed E-state index contributed by atoms with van der Waals surface area (Å²) >= 11 is 0. The van der Waals surface area contributed by atoms with E-state index in [0.717, 1.165) is 18.6 Å². The lowest BCUT2D eigenvalue weighted by molar-refractivity contribution is 0.220. The van der Waals surface area contributed by atoms with Gasteiger partial charge in [0, 0.05) is 17.7 Å². The normalized spacial score (nSPS) is 17.6. The van der Waals surface area contributed by atoms with Crippen LogP contribution in [0.15, 0.2) is 59.7 Å². The molecule has 0 saturated heterocycles. The van der Waals surface area contributed by atoms with Crippen molar-refractivity contribution in [2.45, 2.75) is 25.4 Å². The molecule has 0 aliphatic carbocycles. The van der Waals surface area contributed by atoms with E-state index >= 15 is 0 Å². The molecule has 0 aromatic heterocycles. The molecule has 0 saturated carbocycles. The number of benzene rings is 2. The smallest absolute Gasteiger partial charge is 0.128 e. The largest absolute Gasteiger partial charge is 0.330 e. The SMILES string of the molecule is NCCC1=NN(Cc2ccccc2)C(c2ccccc2F)C1. The molecule has 3 nitrogen and oxygen atoms in total. The first-order valence-corrected chi connectivity index (χ1v) is 7.59. The summed E-state index contributed by atoms with van der Waals surface area (Å²) in [5, 5.41) is 6.66. The van der Waals surface area contributed by atoms with Gasteiger partial charge in [0.15, 0.2) is 0 Å². The van der Waals surface area contributed by atoms with Gasteiger partial charge in [-0.1, -0.05) is 48.5 Å². The van der Waals surface area contributed by atoms with Gasteiger partial charge in [0.05, 0.1) is 12.6 Å².